The summed E-state index contributed by atoms with van der Waals surface area (Å²) in [5.74, 6) is 0. The topological polar surface area (TPSA) is 17.1 Å². The molecule has 0 bridgehead atoms. The van der Waals surface area contributed by atoms with Crippen molar-refractivity contribution in [1.82, 2.24) is 0 Å². The molecule has 0 saturated heterocycles. The van der Waals surface area contributed by atoms with Gasteiger partial charge >= 0.3 is 68.7 Å². The van der Waals surface area contributed by atoms with Gasteiger partial charge in [0.25, 0.3) is 0 Å². The average molecular weight is 526 g/mol. The van der Waals surface area contributed by atoms with Gasteiger partial charge in [-0.2, -0.15) is 0 Å². The maximum absolute atomic E-state index is 7.81. The standard InChI is InChI=1S/Ba.Cu.Gd.O.Sm.2H. The summed E-state index contributed by atoms with van der Waals surface area (Å²) in [7, 11) is 0. The second-order valence-corrected chi connectivity index (χ2v) is 0. The van der Waals surface area contributed by atoms with Gasteiger partial charge in [0.05, 0.1) is 0 Å². The summed E-state index contributed by atoms with van der Waals surface area (Å²) < 4.78 is 7.81. The van der Waals surface area contributed by atoms with Crippen molar-refractivity contribution < 1.29 is 100 Å². The van der Waals surface area contributed by atoms with E-state index in [0.29, 0.717) is 0 Å². The Kier molecular flexibility index (Phi) is 107. The molecule has 5 heteroatoms. The first-order chi connectivity index (χ1) is 1.00. The van der Waals surface area contributed by atoms with Crippen molar-refractivity contribution in [2.75, 3.05) is 0 Å². The minimum absolute atomic E-state index is 0. The Morgan fingerprint density at radius 3 is 1.20 bits per heavy atom. The van der Waals surface area contributed by atoms with Crippen molar-refractivity contribution in [3.05, 3.63) is 0 Å². The van der Waals surface area contributed by atoms with Crippen molar-refractivity contribution in [2.45, 2.75) is 0 Å². The average Bonchev–Trinajstić information content (AvgIpc) is 1.00. The third-order valence-corrected chi connectivity index (χ3v) is 0. The third-order valence-electron chi connectivity index (χ3n) is 0. The molecule has 0 radical (unpaired) electrons. The van der Waals surface area contributed by atoms with Crippen molar-refractivity contribution in [2.24, 2.45) is 0 Å². The molecule has 0 fully saturated rings. The summed E-state index contributed by atoms with van der Waals surface area (Å²) in [6.45, 7) is 0. The van der Waals surface area contributed by atoms with Gasteiger partial charge in [0.15, 0.2) is 0 Å². The smallest absolute Gasteiger partial charge is 0 e. The second-order valence-electron chi connectivity index (χ2n) is 0. The molecule has 1 nitrogen and oxygen atoms in total. The molecule has 0 aromatic rings. The number of hydrogen-bond donors (Lipinski definition) is 0. The Morgan fingerprint density at radius 1 is 1.20 bits per heavy atom. The molecule has 0 saturated carbocycles. The van der Waals surface area contributed by atoms with Gasteiger partial charge in [0.1, 0.15) is 0 Å². The van der Waals surface area contributed by atoms with Crippen molar-refractivity contribution >= 4 is 48.9 Å². The summed E-state index contributed by atoms with van der Waals surface area (Å²) in [5.41, 5.74) is 0. The number of hydrogen-bond acceptors (Lipinski definition) is 1. The van der Waals surface area contributed by atoms with E-state index in [-0.39, 0.29) is 129 Å². The maximum atomic E-state index is 7.81. The van der Waals surface area contributed by atoms with Gasteiger partial charge in [-0.3, -0.25) is 0 Å². The first-order valence-corrected chi connectivity index (χ1v) is 0.508. The molecule has 0 aromatic carbocycles. The predicted molar refractivity (Wildman–Crippen MR) is 9.23 cm³/mol. The molecule has 0 spiro atoms. The van der Waals surface area contributed by atoms with Gasteiger partial charge in [0, 0.05) is 80.3 Å². The predicted octanol–water partition coefficient (Wildman–Crippen LogP) is -1.04. The van der Waals surface area contributed by atoms with E-state index < -0.39 is 0 Å². The molecular formula is H2BaCuGdOSm. The minimum atomic E-state index is 0. The maximum Gasteiger partial charge on any atom is 0 e. The van der Waals surface area contributed by atoms with Crippen LogP contribution in [0.15, 0.2) is 0 Å². The van der Waals surface area contributed by atoms with Gasteiger partial charge in [-0.05, 0) is 0 Å². The Labute approximate surface area is 144 Å². The van der Waals surface area contributed by atoms with E-state index in [1.165, 1.54) is 0 Å². The summed E-state index contributed by atoms with van der Waals surface area (Å²) in [6.07, 6.45) is 0. The SMILES string of the molecule is [BaH2].[Gd].[O]=[Cu].[Sm]. The fraction of sp³-hybridized carbons (Fsp3) is 0. The molecular weight excluding hydrogens is 524 g/mol. The van der Waals surface area contributed by atoms with E-state index >= 15 is 0 Å². The Hall–Kier alpha value is 4.55. The Morgan fingerprint density at radius 2 is 1.20 bits per heavy atom. The van der Waals surface area contributed by atoms with E-state index in [0.717, 1.165) is 0 Å². The van der Waals surface area contributed by atoms with Gasteiger partial charge in [-0.15, -0.1) is 0 Å². The van der Waals surface area contributed by atoms with Crippen LogP contribution < -0.4 is 0 Å². The summed E-state index contributed by atoms with van der Waals surface area (Å²) in [5, 5.41) is 0. The second kappa shape index (κ2) is 23.5. The molecule has 0 amide bonds. The fourth-order valence-corrected chi connectivity index (χ4v) is 0. The van der Waals surface area contributed by atoms with Crippen LogP contribution in [0.2, 0.25) is 0 Å². The van der Waals surface area contributed by atoms with Crippen LogP contribution >= 0.6 is 0 Å². The summed E-state index contributed by atoms with van der Waals surface area (Å²) in [4.78, 5) is 0. The van der Waals surface area contributed by atoms with Gasteiger partial charge < -0.3 is 0 Å². The zero-order chi connectivity index (χ0) is 2.00. The van der Waals surface area contributed by atoms with Crippen LogP contribution in [0.4, 0.5) is 0 Å². The first kappa shape index (κ1) is 22.7. The molecule has 0 aromatic heterocycles. The van der Waals surface area contributed by atoms with Crippen molar-refractivity contribution in [1.29, 1.82) is 0 Å². The number of rotatable bonds is 0. The van der Waals surface area contributed by atoms with E-state index in [1.54, 1.807) is 0 Å². The summed E-state index contributed by atoms with van der Waals surface area (Å²) in [6, 6.07) is 0. The van der Waals surface area contributed by atoms with Crippen LogP contribution in [0.25, 0.3) is 0 Å². The van der Waals surface area contributed by atoms with E-state index in [2.05, 4.69) is 15.9 Å². The molecule has 0 aliphatic rings. The van der Waals surface area contributed by atoms with Crippen LogP contribution in [0, 0.1) is 80.3 Å². The van der Waals surface area contributed by atoms with Crippen LogP contribution in [-0.2, 0) is 19.8 Å². The molecule has 0 atom stereocenters. The van der Waals surface area contributed by atoms with Crippen molar-refractivity contribution in [3.63, 3.8) is 0 Å². The normalized spacial score (nSPS) is 1.20. The van der Waals surface area contributed by atoms with Gasteiger partial charge in [0.2, 0.25) is 0 Å². The van der Waals surface area contributed by atoms with Crippen LogP contribution in [0.5, 0.6) is 0 Å². The van der Waals surface area contributed by atoms with E-state index in [1.807, 2.05) is 0 Å². The third kappa shape index (κ3) is 17.7. The van der Waals surface area contributed by atoms with Crippen LogP contribution in [0.1, 0.15) is 0 Å². The monoisotopic (exact) mass is 529 g/mol. The molecule has 0 heterocycles. The minimum Gasteiger partial charge on any atom is 0 e. The molecule has 5 heavy (non-hydrogen) atoms. The van der Waals surface area contributed by atoms with Crippen LogP contribution in [-0.4, -0.2) is 48.9 Å². The van der Waals surface area contributed by atoms with E-state index in [9.17, 15) is 0 Å². The zero-order valence-corrected chi connectivity index (χ0v) is 7.30. The van der Waals surface area contributed by atoms with Crippen molar-refractivity contribution in [3.8, 4) is 0 Å². The van der Waals surface area contributed by atoms with Gasteiger partial charge in [-0.1, -0.05) is 0 Å². The fourth-order valence-electron chi connectivity index (χ4n) is 0. The largest absolute Gasteiger partial charge is 0 e. The van der Waals surface area contributed by atoms with Crippen LogP contribution in [0.3, 0.4) is 0 Å². The van der Waals surface area contributed by atoms with E-state index in [4.69, 9.17) is 3.83 Å². The van der Waals surface area contributed by atoms with Gasteiger partial charge in [-0.25, -0.2) is 0 Å². The Bertz CT molecular complexity index is 11.6. The Balaban J connectivity index is -0.00000000167. The molecule has 0 unspecified atom stereocenters. The summed E-state index contributed by atoms with van der Waals surface area (Å²) >= 11 is 2.94. The first-order valence-electron chi connectivity index (χ1n) is 0.123. The zero-order valence-electron chi connectivity index (χ0n) is 1.47. The molecule has 35 valence electrons. The molecule has 0 N–H and O–H groups in total. The molecule has 0 aliphatic heterocycles. The quantitative estimate of drug-likeness (QED) is 0.369. The molecule has 0 rings (SSSR count). The molecule has 0 aliphatic carbocycles.